The van der Waals surface area contributed by atoms with E-state index in [0.717, 1.165) is 12.2 Å². The smallest absolute Gasteiger partial charge is 0.0520 e. The molecule has 0 saturated heterocycles. The zero-order valence-electron chi connectivity index (χ0n) is 4.87. The van der Waals surface area contributed by atoms with Crippen LogP contribution in [0.15, 0.2) is 29.1 Å². The molecule has 1 N–H and O–H groups in total. The largest absolute Gasteiger partial charge is 0.792 e. The Balaban J connectivity index is 2.57. The second kappa shape index (κ2) is 2.91. The van der Waals surface area contributed by atoms with Gasteiger partial charge < -0.3 is 15.7 Å². The Morgan fingerprint density at radius 3 is 3.22 bits per heavy atom. The molecule has 0 aliphatic carbocycles. The van der Waals surface area contributed by atoms with Crippen LogP contribution < -0.4 is 5.32 Å². The Bertz CT molecular complexity index is 170. The molecule has 1 aliphatic heterocycles. The van der Waals surface area contributed by atoms with Gasteiger partial charge in [-0.15, -0.1) is 0 Å². The lowest BCUT2D eigenvalue weighted by atomic mass is 10.3. The highest BCUT2D eigenvalue weighted by molar-refractivity contribution is 5.78. The van der Waals surface area contributed by atoms with Gasteiger partial charge in [0.25, 0.3) is 0 Å². The summed E-state index contributed by atoms with van der Waals surface area (Å²) >= 11 is 0. The van der Waals surface area contributed by atoms with Gasteiger partial charge in [-0.1, -0.05) is 12.2 Å². The molecule has 9 heavy (non-hydrogen) atoms. The van der Waals surface area contributed by atoms with E-state index in [1.165, 1.54) is 6.21 Å². The summed E-state index contributed by atoms with van der Waals surface area (Å²) < 4.78 is 0. The first-order valence-electron chi connectivity index (χ1n) is 2.70. The number of nitrogens with zero attached hydrogens (tertiary/aromatic N) is 1. The van der Waals surface area contributed by atoms with Crippen molar-refractivity contribution in [2.24, 2.45) is 5.16 Å². The molecule has 3 heteroatoms. The van der Waals surface area contributed by atoms with Crippen molar-refractivity contribution in [1.82, 2.24) is 5.32 Å². The van der Waals surface area contributed by atoms with Gasteiger partial charge >= 0.3 is 0 Å². The van der Waals surface area contributed by atoms with Crippen molar-refractivity contribution in [1.29, 1.82) is 0 Å². The molecule has 0 radical (unpaired) electrons. The summed E-state index contributed by atoms with van der Waals surface area (Å²) in [5.41, 5.74) is 0.771. The van der Waals surface area contributed by atoms with Gasteiger partial charge in [-0.3, -0.25) is 0 Å². The van der Waals surface area contributed by atoms with Crippen molar-refractivity contribution in [2.75, 3.05) is 6.54 Å². The maximum absolute atomic E-state index is 9.66. The van der Waals surface area contributed by atoms with Crippen LogP contribution in [-0.2, 0) is 0 Å². The SMILES string of the molecule is [O-]/N=C/C1=CC=CCN1. The highest BCUT2D eigenvalue weighted by Crippen LogP contribution is 1.91. The average Bonchev–Trinajstić information content (AvgIpc) is 1.91. The molecule has 3 nitrogen and oxygen atoms in total. The van der Waals surface area contributed by atoms with Crippen LogP contribution in [0.1, 0.15) is 0 Å². The van der Waals surface area contributed by atoms with Crippen LogP contribution in [0.2, 0.25) is 0 Å². The Kier molecular flexibility index (Phi) is 1.90. The second-order valence-electron chi connectivity index (χ2n) is 1.67. The van der Waals surface area contributed by atoms with Gasteiger partial charge in [-0.05, 0) is 6.08 Å². The van der Waals surface area contributed by atoms with Crippen LogP contribution in [0.3, 0.4) is 0 Å². The third-order valence-corrected chi connectivity index (χ3v) is 1.03. The Morgan fingerprint density at radius 2 is 2.67 bits per heavy atom. The molecular weight excluding hydrogens is 116 g/mol. The fraction of sp³-hybridized carbons (Fsp3) is 0.167. The molecule has 1 aliphatic rings. The number of hydrogen-bond acceptors (Lipinski definition) is 3. The van der Waals surface area contributed by atoms with Crippen LogP contribution in [-0.4, -0.2) is 12.8 Å². The summed E-state index contributed by atoms with van der Waals surface area (Å²) in [6, 6.07) is 0. The molecule has 0 spiro atoms. The number of nitrogens with one attached hydrogen (secondary N) is 1. The molecule has 0 bridgehead atoms. The van der Waals surface area contributed by atoms with E-state index >= 15 is 0 Å². The van der Waals surface area contributed by atoms with Gasteiger partial charge in [0.2, 0.25) is 0 Å². The minimum Gasteiger partial charge on any atom is -0.792 e. The Labute approximate surface area is 53.4 Å². The number of rotatable bonds is 1. The fourth-order valence-corrected chi connectivity index (χ4v) is 0.621. The second-order valence-corrected chi connectivity index (χ2v) is 1.67. The zero-order chi connectivity index (χ0) is 6.53. The molecule has 0 unspecified atom stereocenters. The van der Waals surface area contributed by atoms with Crippen LogP contribution in [0.25, 0.3) is 0 Å². The maximum Gasteiger partial charge on any atom is 0.0520 e. The molecule has 0 aromatic heterocycles. The van der Waals surface area contributed by atoms with Gasteiger partial charge in [-0.2, -0.15) is 0 Å². The zero-order valence-corrected chi connectivity index (χ0v) is 4.87. The van der Waals surface area contributed by atoms with Crippen LogP contribution in [0.4, 0.5) is 0 Å². The van der Waals surface area contributed by atoms with E-state index in [9.17, 15) is 5.21 Å². The fourth-order valence-electron chi connectivity index (χ4n) is 0.621. The van der Waals surface area contributed by atoms with E-state index in [1.807, 2.05) is 12.2 Å². The summed E-state index contributed by atoms with van der Waals surface area (Å²) in [6.45, 7) is 0.776. The summed E-state index contributed by atoms with van der Waals surface area (Å²) in [5, 5.41) is 15.2. The van der Waals surface area contributed by atoms with Crippen molar-refractivity contribution in [3.05, 3.63) is 29.1 Å². The van der Waals surface area contributed by atoms with Gasteiger partial charge in [0.05, 0.1) is 5.70 Å². The third kappa shape index (κ3) is 1.60. The van der Waals surface area contributed by atoms with Crippen molar-refractivity contribution in [2.45, 2.75) is 0 Å². The molecule has 0 atom stereocenters. The molecule has 1 rings (SSSR count). The first-order valence-corrected chi connectivity index (χ1v) is 2.70. The predicted octanol–water partition coefficient (Wildman–Crippen LogP) is 0.598. The lowest BCUT2D eigenvalue weighted by molar-refractivity contribution is 0.941. The molecule has 0 aromatic rings. The van der Waals surface area contributed by atoms with E-state index in [-0.39, 0.29) is 0 Å². The van der Waals surface area contributed by atoms with Crippen molar-refractivity contribution in [3.63, 3.8) is 0 Å². The molecule has 1 heterocycles. The topological polar surface area (TPSA) is 47.5 Å². The highest BCUT2D eigenvalue weighted by atomic mass is 16.4. The van der Waals surface area contributed by atoms with E-state index in [4.69, 9.17) is 0 Å². The van der Waals surface area contributed by atoms with Crippen molar-refractivity contribution < 1.29 is 0 Å². The lowest BCUT2D eigenvalue weighted by Crippen LogP contribution is -2.15. The first-order chi connectivity index (χ1) is 4.43. The summed E-state index contributed by atoms with van der Waals surface area (Å²) in [7, 11) is 0. The third-order valence-electron chi connectivity index (χ3n) is 1.03. The number of hydrogen-bond donors (Lipinski definition) is 1. The van der Waals surface area contributed by atoms with Gasteiger partial charge in [-0.25, -0.2) is 0 Å². The summed E-state index contributed by atoms with van der Waals surface area (Å²) in [5.74, 6) is 0. The molecule has 0 saturated carbocycles. The van der Waals surface area contributed by atoms with E-state index in [2.05, 4.69) is 10.5 Å². The van der Waals surface area contributed by atoms with E-state index in [1.54, 1.807) is 6.08 Å². The van der Waals surface area contributed by atoms with E-state index < -0.39 is 0 Å². The van der Waals surface area contributed by atoms with Gasteiger partial charge in [0, 0.05) is 12.8 Å². The quantitative estimate of drug-likeness (QED) is 0.410. The number of allylic oxidation sites excluding steroid dienone is 3. The molecule has 0 amide bonds. The van der Waals surface area contributed by atoms with Crippen LogP contribution in [0.5, 0.6) is 0 Å². The Morgan fingerprint density at radius 1 is 1.78 bits per heavy atom. The normalized spacial score (nSPS) is 17.6. The van der Waals surface area contributed by atoms with Gasteiger partial charge in [0.1, 0.15) is 0 Å². The van der Waals surface area contributed by atoms with Crippen LogP contribution in [0, 0.1) is 5.21 Å². The first kappa shape index (κ1) is 5.88. The van der Waals surface area contributed by atoms with Crippen molar-refractivity contribution in [3.8, 4) is 0 Å². The summed E-state index contributed by atoms with van der Waals surface area (Å²) in [4.78, 5) is 0. The van der Waals surface area contributed by atoms with Crippen LogP contribution >= 0.6 is 0 Å². The Hall–Kier alpha value is -1.25. The average molecular weight is 123 g/mol. The minimum absolute atomic E-state index is 0.771. The monoisotopic (exact) mass is 123 g/mol. The summed E-state index contributed by atoms with van der Waals surface area (Å²) in [6.07, 6.45) is 6.89. The highest BCUT2D eigenvalue weighted by Gasteiger charge is 1.89. The van der Waals surface area contributed by atoms with E-state index in [0.29, 0.717) is 0 Å². The molecular formula is C6H7N2O-. The molecule has 0 fully saturated rings. The molecule has 48 valence electrons. The standard InChI is InChI=1S/C6H8N2O/c9-8-5-6-3-1-2-4-7-6/h1-3,5,7,9H,4H2/p-1/b8-5+. The lowest BCUT2D eigenvalue weighted by Gasteiger charge is -2.06. The molecule has 0 aromatic carbocycles. The van der Waals surface area contributed by atoms with Crippen molar-refractivity contribution >= 4 is 6.21 Å². The maximum atomic E-state index is 9.66. The predicted molar refractivity (Wildman–Crippen MR) is 37.1 cm³/mol. The minimum atomic E-state index is 0.771. The number of dihydropyridines is 1. The van der Waals surface area contributed by atoms with Gasteiger partial charge in [0.15, 0.2) is 0 Å².